The SMILES string of the molecule is O=C(c1cccc(N2C(=O)CCS2(=O)=O)c1)N1CCN(c2ccccc2)CC1. The molecule has 0 radical (unpaired) electrons. The van der Waals surface area contributed by atoms with Gasteiger partial charge in [0.05, 0.1) is 11.4 Å². The van der Waals surface area contributed by atoms with Gasteiger partial charge in [0.25, 0.3) is 5.91 Å². The van der Waals surface area contributed by atoms with Gasteiger partial charge in [-0.2, -0.15) is 0 Å². The molecule has 0 spiro atoms. The third kappa shape index (κ3) is 3.47. The number of carbonyl (C=O) groups excluding carboxylic acids is 2. The van der Waals surface area contributed by atoms with Crippen LogP contribution in [0.3, 0.4) is 0 Å². The van der Waals surface area contributed by atoms with E-state index in [1.807, 2.05) is 18.2 Å². The van der Waals surface area contributed by atoms with Crippen molar-refractivity contribution in [2.75, 3.05) is 41.1 Å². The van der Waals surface area contributed by atoms with Gasteiger partial charge in [0.2, 0.25) is 15.9 Å². The van der Waals surface area contributed by atoms with Crippen molar-refractivity contribution in [1.82, 2.24) is 4.90 Å². The maximum Gasteiger partial charge on any atom is 0.254 e. The van der Waals surface area contributed by atoms with Gasteiger partial charge >= 0.3 is 0 Å². The monoisotopic (exact) mass is 399 g/mol. The molecule has 0 atom stereocenters. The van der Waals surface area contributed by atoms with Crippen LogP contribution >= 0.6 is 0 Å². The molecular formula is C20H21N3O4S. The molecule has 0 aliphatic carbocycles. The standard InChI is InChI=1S/C20H21N3O4S/c24-19-9-14-28(26,27)23(19)18-8-4-5-16(15-18)20(25)22-12-10-21(11-13-22)17-6-2-1-3-7-17/h1-8,15H,9-14H2. The Morgan fingerprint density at radius 2 is 1.54 bits per heavy atom. The van der Waals surface area contributed by atoms with Gasteiger partial charge in [-0.15, -0.1) is 0 Å². The topological polar surface area (TPSA) is 78.0 Å². The molecule has 28 heavy (non-hydrogen) atoms. The Hall–Kier alpha value is -2.87. The van der Waals surface area contributed by atoms with Crippen LogP contribution in [-0.2, 0) is 14.8 Å². The molecule has 2 aromatic carbocycles. The van der Waals surface area contributed by atoms with Crippen molar-refractivity contribution in [2.45, 2.75) is 6.42 Å². The zero-order valence-corrected chi connectivity index (χ0v) is 16.1. The summed E-state index contributed by atoms with van der Waals surface area (Å²) in [4.78, 5) is 28.9. The van der Waals surface area contributed by atoms with Gasteiger partial charge in [-0.3, -0.25) is 9.59 Å². The normalized spacial score (nSPS) is 19.1. The van der Waals surface area contributed by atoms with E-state index in [1.165, 1.54) is 6.07 Å². The fourth-order valence-electron chi connectivity index (χ4n) is 3.62. The summed E-state index contributed by atoms with van der Waals surface area (Å²) in [5.41, 5.74) is 1.76. The zero-order chi connectivity index (χ0) is 19.7. The van der Waals surface area contributed by atoms with Crippen molar-refractivity contribution in [3.05, 3.63) is 60.2 Å². The molecule has 2 fully saturated rings. The van der Waals surface area contributed by atoms with Crippen LogP contribution in [0.5, 0.6) is 0 Å². The van der Waals surface area contributed by atoms with E-state index in [4.69, 9.17) is 0 Å². The van der Waals surface area contributed by atoms with Gasteiger partial charge in [0, 0.05) is 43.9 Å². The lowest BCUT2D eigenvalue weighted by molar-refractivity contribution is -0.116. The summed E-state index contributed by atoms with van der Waals surface area (Å²) in [6, 6.07) is 16.4. The highest BCUT2D eigenvalue weighted by molar-refractivity contribution is 7.94. The smallest absolute Gasteiger partial charge is 0.254 e. The van der Waals surface area contributed by atoms with Crippen LogP contribution in [0.25, 0.3) is 0 Å². The number of para-hydroxylation sites is 1. The Morgan fingerprint density at radius 1 is 0.857 bits per heavy atom. The molecule has 0 aromatic heterocycles. The van der Waals surface area contributed by atoms with Crippen LogP contribution in [0.4, 0.5) is 11.4 Å². The van der Waals surface area contributed by atoms with Crippen LogP contribution in [0.15, 0.2) is 54.6 Å². The van der Waals surface area contributed by atoms with E-state index in [1.54, 1.807) is 23.1 Å². The highest BCUT2D eigenvalue weighted by Gasteiger charge is 2.36. The Bertz CT molecular complexity index is 999. The molecule has 0 bridgehead atoms. The lowest BCUT2D eigenvalue weighted by Crippen LogP contribution is -2.48. The quantitative estimate of drug-likeness (QED) is 0.785. The van der Waals surface area contributed by atoms with Crippen molar-refractivity contribution in [1.29, 1.82) is 0 Å². The summed E-state index contributed by atoms with van der Waals surface area (Å²) >= 11 is 0. The Kier molecular flexibility index (Phi) is 4.80. The molecule has 0 N–H and O–H groups in total. The first kappa shape index (κ1) is 18.5. The van der Waals surface area contributed by atoms with Gasteiger partial charge in [0.1, 0.15) is 0 Å². The number of hydrogen-bond acceptors (Lipinski definition) is 5. The molecule has 7 nitrogen and oxygen atoms in total. The molecule has 8 heteroatoms. The van der Waals surface area contributed by atoms with Crippen LogP contribution in [0.2, 0.25) is 0 Å². The molecule has 4 rings (SSSR count). The Labute approximate surface area is 164 Å². The van der Waals surface area contributed by atoms with Crippen molar-refractivity contribution < 1.29 is 18.0 Å². The lowest BCUT2D eigenvalue weighted by atomic mass is 10.1. The highest BCUT2D eigenvalue weighted by atomic mass is 32.2. The predicted molar refractivity (Wildman–Crippen MR) is 107 cm³/mol. The number of sulfonamides is 1. The first-order chi connectivity index (χ1) is 13.5. The van der Waals surface area contributed by atoms with E-state index < -0.39 is 15.9 Å². The summed E-state index contributed by atoms with van der Waals surface area (Å²) in [6.07, 6.45) is -0.0258. The number of rotatable bonds is 3. The molecule has 0 saturated carbocycles. The van der Waals surface area contributed by atoms with E-state index in [9.17, 15) is 18.0 Å². The second kappa shape index (κ2) is 7.27. The van der Waals surface area contributed by atoms with E-state index in [0.717, 1.165) is 23.1 Å². The number of nitrogens with zero attached hydrogens (tertiary/aromatic N) is 3. The number of hydrogen-bond donors (Lipinski definition) is 0. The highest BCUT2D eigenvalue weighted by Crippen LogP contribution is 2.26. The Morgan fingerprint density at radius 3 is 2.18 bits per heavy atom. The first-order valence-electron chi connectivity index (χ1n) is 9.21. The summed E-state index contributed by atoms with van der Waals surface area (Å²) < 4.78 is 25.1. The minimum absolute atomic E-state index is 0.0258. The molecule has 2 aliphatic rings. The van der Waals surface area contributed by atoms with Gasteiger partial charge in [-0.1, -0.05) is 24.3 Å². The van der Waals surface area contributed by atoms with Crippen molar-refractivity contribution in [2.24, 2.45) is 0 Å². The molecule has 2 aromatic rings. The number of carbonyl (C=O) groups is 2. The van der Waals surface area contributed by atoms with Gasteiger partial charge < -0.3 is 9.80 Å². The first-order valence-corrected chi connectivity index (χ1v) is 10.8. The average molecular weight is 399 g/mol. The third-order valence-electron chi connectivity index (χ3n) is 5.09. The maximum absolute atomic E-state index is 12.9. The molecule has 2 amide bonds. The summed E-state index contributed by atoms with van der Waals surface area (Å²) in [6.45, 7) is 2.63. The number of amides is 2. The average Bonchev–Trinajstić information content (AvgIpc) is 3.00. The third-order valence-corrected chi connectivity index (χ3v) is 6.79. The second-order valence-corrected chi connectivity index (χ2v) is 8.83. The van der Waals surface area contributed by atoms with E-state index in [-0.39, 0.29) is 23.8 Å². The van der Waals surface area contributed by atoms with Crippen molar-refractivity contribution >= 4 is 33.2 Å². The van der Waals surface area contributed by atoms with Crippen molar-refractivity contribution in [3.8, 4) is 0 Å². The van der Waals surface area contributed by atoms with E-state index in [0.29, 0.717) is 18.7 Å². The van der Waals surface area contributed by atoms with E-state index >= 15 is 0 Å². The number of benzene rings is 2. The zero-order valence-electron chi connectivity index (χ0n) is 15.3. The van der Waals surface area contributed by atoms with Crippen LogP contribution in [0.1, 0.15) is 16.8 Å². The molecule has 146 valence electrons. The fourth-order valence-corrected chi connectivity index (χ4v) is 5.07. The van der Waals surface area contributed by atoms with Crippen LogP contribution in [-0.4, -0.2) is 57.1 Å². The van der Waals surface area contributed by atoms with Gasteiger partial charge in [0.15, 0.2) is 0 Å². The predicted octanol–water partition coefficient (Wildman–Crippen LogP) is 1.72. The molecule has 0 unspecified atom stereocenters. The molecule has 2 heterocycles. The molecule has 2 saturated heterocycles. The molecule has 2 aliphatic heterocycles. The summed E-state index contributed by atoms with van der Waals surface area (Å²) in [7, 11) is -3.64. The minimum atomic E-state index is -3.64. The minimum Gasteiger partial charge on any atom is -0.368 e. The second-order valence-electron chi connectivity index (χ2n) is 6.89. The summed E-state index contributed by atoms with van der Waals surface area (Å²) in [5.74, 6) is -0.800. The van der Waals surface area contributed by atoms with Gasteiger partial charge in [-0.05, 0) is 30.3 Å². The van der Waals surface area contributed by atoms with Crippen molar-refractivity contribution in [3.63, 3.8) is 0 Å². The fraction of sp³-hybridized carbons (Fsp3) is 0.300. The molecular weight excluding hydrogens is 378 g/mol. The number of piperazine rings is 1. The Balaban J connectivity index is 1.48. The van der Waals surface area contributed by atoms with Crippen LogP contribution < -0.4 is 9.21 Å². The maximum atomic E-state index is 12.9. The summed E-state index contributed by atoms with van der Waals surface area (Å²) in [5, 5.41) is 0. The van der Waals surface area contributed by atoms with Gasteiger partial charge in [-0.25, -0.2) is 12.7 Å². The van der Waals surface area contributed by atoms with E-state index in [2.05, 4.69) is 17.0 Å². The number of anilines is 2. The largest absolute Gasteiger partial charge is 0.368 e. The van der Waals surface area contributed by atoms with Crippen LogP contribution in [0, 0.1) is 0 Å². The lowest BCUT2D eigenvalue weighted by Gasteiger charge is -2.36.